The fraction of sp³-hybridized carbons (Fsp3) is 0.440. The van der Waals surface area contributed by atoms with E-state index in [1.54, 1.807) is 13.8 Å². The minimum atomic E-state index is -3.38. The van der Waals surface area contributed by atoms with E-state index in [0.717, 1.165) is 61.5 Å². The largest absolute Gasteiger partial charge is 0.396 e. The Kier molecular flexibility index (Phi) is 5.74. The molecule has 2 aliphatic rings. The summed E-state index contributed by atoms with van der Waals surface area (Å²) in [6, 6.07) is 14.5. The monoisotopic (exact) mass is 468 g/mol. The highest BCUT2D eigenvalue weighted by Gasteiger charge is 2.27. The van der Waals surface area contributed by atoms with Gasteiger partial charge in [-0.3, -0.25) is 4.72 Å². The summed E-state index contributed by atoms with van der Waals surface area (Å²) in [4.78, 5) is 2.37. The molecule has 0 atom stereocenters. The van der Waals surface area contributed by atoms with Crippen molar-refractivity contribution >= 4 is 38.0 Å². The molecular formula is C25H32N4O3S. The van der Waals surface area contributed by atoms with Gasteiger partial charge in [-0.1, -0.05) is 12.1 Å². The highest BCUT2D eigenvalue weighted by molar-refractivity contribution is 7.93. The number of sulfonamides is 1. The van der Waals surface area contributed by atoms with Crippen molar-refractivity contribution in [2.45, 2.75) is 44.4 Å². The summed E-state index contributed by atoms with van der Waals surface area (Å²) >= 11 is 0. The molecule has 1 saturated carbocycles. The smallest absolute Gasteiger partial charge is 0.235 e. The van der Waals surface area contributed by atoms with E-state index in [-0.39, 0.29) is 0 Å². The predicted octanol–water partition coefficient (Wildman–Crippen LogP) is 4.60. The maximum Gasteiger partial charge on any atom is 0.235 e. The molecule has 0 bridgehead atoms. The van der Waals surface area contributed by atoms with Crippen LogP contribution in [0.25, 0.3) is 22.2 Å². The van der Waals surface area contributed by atoms with Crippen LogP contribution in [0.2, 0.25) is 0 Å². The Hall–Kier alpha value is -2.71. The molecule has 0 amide bonds. The first-order valence-electron chi connectivity index (χ1n) is 11.7. The summed E-state index contributed by atoms with van der Waals surface area (Å²) in [6.07, 6.45) is 3.51. The molecule has 2 aromatic carbocycles. The number of nitrogen functional groups attached to an aromatic ring is 1. The second-order valence-electron chi connectivity index (χ2n) is 9.29. The number of morpholine rings is 1. The number of hydrogen-bond acceptors (Lipinski definition) is 5. The minimum Gasteiger partial charge on any atom is -0.396 e. The van der Waals surface area contributed by atoms with Crippen molar-refractivity contribution in [1.29, 1.82) is 0 Å². The van der Waals surface area contributed by atoms with Gasteiger partial charge >= 0.3 is 0 Å². The maximum atomic E-state index is 12.2. The number of benzene rings is 2. The summed E-state index contributed by atoms with van der Waals surface area (Å²) < 4.78 is 35.1. The first kappa shape index (κ1) is 22.1. The number of hydrogen-bond donors (Lipinski definition) is 2. The Bertz CT molecular complexity index is 1260. The zero-order valence-electron chi connectivity index (χ0n) is 19.3. The average Bonchev–Trinajstić information content (AvgIpc) is 3.05. The van der Waals surface area contributed by atoms with Gasteiger partial charge in [0, 0.05) is 41.5 Å². The molecule has 5 rings (SSSR count). The third-order valence-corrected chi connectivity index (χ3v) is 8.64. The van der Waals surface area contributed by atoms with E-state index < -0.39 is 15.3 Å². The lowest BCUT2D eigenvalue weighted by Crippen LogP contribution is -2.36. The molecule has 2 fully saturated rings. The summed E-state index contributed by atoms with van der Waals surface area (Å²) in [5.41, 5.74) is 12.5. The van der Waals surface area contributed by atoms with Gasteiger partial charge in [-0.05, 0) is 63.4 Å². The number of nitrogens with two attached hydrogens (primary N) is 1. The third kappa shape index (κ3) is 4.06. The van der Waals surface area contributed by atoms with Crippen LogP contribution in [0, 0.1) is 0 Å². The number of nitrogens with one attached hydrogen (secondary N) is 1. The summed E-state index contributed by atoms with van der Waals surface area (Å²) in [5, 5.41) is 0.577. The second kappa shape index (κ2) is 8.57. The average molecular weight is 469 g/mol. The van der Waals surface area contributed by atoms with Gasteiger partial charge in [0.2, 0.25) is 10.0 Å². The van der Waals surface area contributed by atoms with Gasteiger partial charge in [0.1, 0.15) is 0 Å². The normalized spacial score (nSPS) is 17.5. The Morgan fingerprint density at radius 1 is 1.06 bits per heavy atom. The highest BCUT2D eigenvalue weighted by atomic mass is 32.2. The van der Waals surface area contributed by atoms with Gasteiger partial charge < -0.3 is 19.9 Å². The van der Waals surface area contributed by atoms with Crippen molar-refractivity contribution < 1.29 is 13.2 Å². The standard InChI is InChI=1S/C25H32N4O3S/c1-17(2)33(30,31)27-19-8-6-18(7-9-19)25-24(26)22-11-10-21(28-12-14-32-15-13-28)16-23(22)29(25)20-4-3-5-20/h6-11,16-17,20,27H,3-5,12-15,26H2,1-2H3. The van der Waals surface area contributed by atoms with Crippen LogP contribution in [0.5, 0.6) is 0 Å². The van der Waals surface area contributed by atoms with E-state index >= 15 is 0 Å². The molecule has 1 aliphatic heterocycles. The van der Waals surface area contributed by atoms with Crippen molar-refractivity contribution in [3.05, 3.63) is 42.5 Å². The van der Waals surface area contributed by atoms with Gasteiger partial charge in [0.05, 0.1) is 35.4 Å². The lowest BCUT2D eigenvalue weighted by molar-refractivity contribution is 0.122. The Morgan fingerprint density at radius 3 is 2.36 bits per heavy atom. The van der Waals surface area contributed by atoms with Crippen LogP contribution in [-0.4, -0.2) is 44.5 Å². The van der Waals surface area contributed by atoms with Gasteiger partial charge in [-0.2, -0.15) is 0 Å². The van der Waals surface area contributed by atoms with E-state index in [1.807, 2.05) is 24.3 Å². The fourth-order valence-electron chi connectivity index (χ4n) is 4.64. The lowest BCUT2D eigenvalue weighted by atomic mass is 9.92. The second-order valence-corrected chi connectivity index (χ2v) is 11.5. The number of ether oxygens (including phenoxy) is 1. The van der Waals surface area contributed by atoms with E-state index in [2.05, 4.69) is 32.4 Å². The van der Waals surface area contributed by atoms with Crippen molar-refractivity contribution in [3.8, 4) is 11.3 Å². The Labute approximate surface area is 195 Å². The number of aromatic nitrogens is 1. The zero-order chi connectivity index (χ0) is 23.2. The minimum absolute atomic E-state index is 0.429. The molecule has 0 unspecified atom stereocenters. The van der Waals surface area contributed by atoms with E-state index in [1.165, 1.54) is 17.6 Å². The molecular weight excluding hydrogens is 436 g/mol. The molecule has 33 heavy (non-hydrogen) atoms. The number of anilines is 3. The molecule has 7 nitrogen and oxygen atoms in total. The van der Waals surface area contributed by atoms with Crippen LogP contribution >= 0.6 is 0 Å². The van der Waals surface area contributed by atoms with Crippen molar-refractivity contribution in [1.82, 2.24) is 4.57 Å². The van der Waals surface area contributed by atoms with Crippen LogP contribution in [0.3, 0.4) is 0 Å². The molecule has 3 N–H and O–H groups in total. The molecule has 176 valence electrons. The number of rotatable bonds is 6. The predicted molar refractivity (Wildman–Crippen MR) is 135 cm³/mol. The Balaban J connectivity index is 1.56. The zero-order valence-corrected chi connectivity index (χ0v) is 20.1. The molecule has 2 heterocycles. The molecule has 0 radical (unpaired) electrons. The number of nitrogens with zero attached hydrogens (tertiary/aromatic N) is 2. The third-order valence-electron chi connectivity index (χ3n) is 6.88. The van der Waals surface area contributed by atoms with Crippen molar-refractivity contribution in [3.63, 3.8) is 0 Å². The SMILES string of the molecule is CC(C)S(=O)(=O)Nc1ccc(-c2c(N)c3ccc(N4CCOCC4)cc3n2C2CCC2)cc1. The first-order chi connectivity index (χ1) is 15.8. The van der Waals surface area contributed by atoms with Gasteiger partial charge in [-0.25, -0.2) is 8.42 Å². The molecule has 1 aliphatic carbocycles. The fourth-order valence-corrected chi connectivity index (χ4v) is 5.34. The van der Waals surface area contributed by atoms with Crippen LogP contribution in [0.15, 0.2) is 42.5 Å². The highest BCUT2D eigenvalue weighted by Crippen LogP contribution is 2.45. The lowest BCUT2D eigenvalue weighted by Gasteiger charge is -2.31. The quantitative estimate of drug-likeness (QED) is 0.552. The topological polar surface area (TPSA) is 89.6 Å². The van der Waals surface area contributed by atoms with Crippen LogP contribution in [-0.2, 0) is 14.8 Å². The van der Waals surface area contributed by atoms with Crippen molar-refractivity contribution in [2.24, 2.45) is 0 Å². The first-order valence-corrected chi connectivity index (χ1v) is 13.3. The van der Waals surface area contributed by atoms with Gasteiger partial charge in [-0.15, -0.1) is 0 Å². The molecule has 8 heteroatoms. The number of fused-ring (bicyclic) bond motifs is 1. The molecule has 1 saturated heterocycles. The van der Waals surface area contributed by atoms with E-state index in [0.29, 0.717) is 11.7 Å². The summed E-state index contributed by atoms with van der Waals surface area (Å²) in [7, 11) is -3.38. The summed E-state index contributed by atoms with van der Waals surface area (Å²) in [6.45, 7) is 6.63. The van der Waals surface area contributed by atoms with Crippen LogP contribution < -0.4 is 15.4 Å². The van der Waals surface area contributed by atoms with Gasteiger partial charge in [0.25, 0.3) is 0 Å². The van der Waals surface area contributed by atoms with Crippen LogP contribution in [0.1, 0.15) is 39.2 Å². The van der Waals surface area contributed by atoms with Crippen molar-refractivity contribution in [2.75, 3.05) is 41.7 Å². The van der Waals surface area contributed by atoms with E-state index in [9.17, 15) is 8.42 Å². The van der Waals surface area contributed by atoms with Gasteiger partial charge in [0.15, 0.2) is 0 Å². The Morgan fingerprint density at radius 2 is 1.76 bits per heavy atom. The summed E-state index contributed by atoms with van der Waals surface area (Å²) in [5.74, 6) is 0. The molecule has 3 aromatic rings. The maximum absolute atomic E-state index is 12.2. The molecule has 0 spiro atoms. The molecule has 1 aromatic heterocycles. The van der Waals surface area contributed by atoms with E-state index in [4.69, 9.17) is 10.5 Å². The van der Waals surface area contributed by atoms with Crippen LogP contribution in [0.4, 0.5) is 17.1 Å².